The summed E-state index contributed by atoms with van der Waals surface area (Å²) in [4.78, 5) is 11.2. The summed E-state index contributed by atoms with van der Waals surface area (Å²) in [5.41, 5.74) is 3.18. The molecule has 2 aromatic rings. The number of nitrogens with zero attached hydrogens (tertiary/aromatic N) is 3. The number of benzene rings is 1. The van der Waals surface area contributed by atoms with Crippen molar-refractivity contribution >= 4 is 5.95 Å². The quantitative estimate of drug-likeness (QED) is 0.784. The van der Waals surface area contributed by atoms with Crippen molar-refractivity contribution in [1.82, 2.24) is 9.97 Å². The maximum Gasteiger partial charge on any atom is 0.226 e. The summed E-state index contributed by atoms with van der Waals surface area (Å²) >= 11 is 0. The minimum absolute atomic E-state index is 0.660. The van der Waals surface area contributed by atoms with Gasteiger partial charge in [-0.2, -0.15) is 0 Å². The monoisotopic (exact) mass is 255 g/mol. The first-order valence-corrected chi connectivity index (χ1v) is 6.50. The Hall–Kier alpha value is -2.10. The molecule has 1 aromatic carbocycles. The number of aryl methyl sites for hydroxylation is 2. The van der Waals surface area contributed by atoms with Gasteiger partial charge in [0.15, 0.2) is 0 Å². The van der Waals surface area contributed by atoms with E-state index < -0.39 is 0 Å². The highest BCUT2D eigenvalue weighted by Gasteiger charge is 2.17. The third-order valence-electron chi connectivity index (χ3n) is 3.21. The number of hydrogen-bond donors (Lipinski definition) is 0. The standard InChI is InChI=1S/C15H17N3O/c1-11-9-12(2)17-15(16-11)18-7-8-19-14-6-4-3-5-13(14)10-18/h3-6,9H,7-8,10H2,1-2H3. The van der Waals surface area contributed by atoms with Crippen LogP contribution in [-0.4, -0.2) is 23.1 Å². The van der Waals surface area contributed by atoms with Gasteiger partial charge in [-0.25, -0.2) is 9.97 Å². The second-order valence-electron chi connectivity index (χ2n) is 4.83. The molecule has 19 heavy (non-hydrogen) atoms. The van der Waals surface area contributed by atoms with Crippen molar-refractivity contribution in [2.45, 2.75) is 20.4 Å². The van der Waals surface area contributed by atoms with Crippen molar-refractivity contribution in [1.29, 1.82) is 0 Å². The molecule has 4 nitrogen and oxygen atoms in total. The fraction of sp³-hybridized carbons (Fsp3) is 0.333. The zero-order valence-electron chi connectivity index (χ0n) is 11.3. The average Bonchev–Trinajstić information content (AvgIpc) is 2.59. The van der Waals surface area contributed by atoms with Gasteiger partial charge in [-0.05, 0) is 26.0 Å². The summed E-state index contributed by atoms with van der Waals surface area (Å²) in [6, 6.07) is 10.1. The molecule has 0 saturated heterocycles. The van der Waals surface area contributed by atoms with Gasteiger partial charge < -0.3 is 9.64 Å². The molecule has 0 bridgehead atoms. The van der Waals surface area contributed by atoms with Crippen LogP contribution in [0, 0.1) is 13.8 Å². The molecular formula is C15H17N3O. The van der Waals surface area contributed by atoms with E-state index in [-0.39, 0.29) is 0 Å². The summed E-state index contributed by atoms with van der Waals surface area (Å²) < 4.78 is 5.76. The molecular weight excluding hydrogens is 238 g/mol. The largest absolute Gasteiger partial charge is 0.491 e. The van der Waals surface area contributed by atoms with E-state index in [1.807, 2.05) is 38.1 Å². The van der Waals surface area contributed by atoms with Crippen molar-refractivity contribution in [3.05, 3.63) is 47.3 Å². The van der Waals surface area contributed by atoms with E-state index in [1.165, 1.54) is 5.56 Å². The Morgan fingerprint density at radius 1 is 1.11 bits per heavy atom. The van der Waals surface area contributed by atoms with Crippen LogP contribution >= 0.6 is 0 Å². The third kappa shape index (κ3) is 2.52. The Morgan fingerprint density at radius 3 is 2.63 bits per heavy atom. The number of para-hydroxylation sites is 1. The first-order chi connectivity index (χ1) is 9.22. The number of fused-ring (bicyclic) bond motifs is 1. The number of anilines is 1. The van der Waals surface area contributed by atoms with Gasteiger partial charge in [-0.1, -0.05) is 18.2 Å². The zero-order valence-corrected chi connectivity index (χ0v) is 11.3. The van der Waals surface area contributed by atoms with E-state index in [9.17, 15) is 0 Å². The van der Waals surface area contributed by atoms with Gasteiger partial charge in [0.05, 0.1) is 6.54 Å². The van der Waals surface area contributed by atoms with Crippen LogP contribution in [0.1, 0.15) is 17.0 Å². The van der Waals surface area contributed by atoms with Gasteiger partial charge in [0.25, 0.3) is 0 Å². The highest BCUT2D eigenvalue weighted by Crippen LogP contribution is 2.24. The average molecular weight is 255 g/mol. The lowest BCUT2D eigenvalue weighted by molar-refractivity contribution is 0.331. The summed E-state index contributed by atoms with van der Waals surface area (Å²) in [5, 5.41) is 0. The van der Waals surface area contributed by atoms with Gasteiger partial charge >= 0.3 is 0 Å². The SMILES string of the molecule is Cc1cc(C)nc(N2CCOc3ccccc3C2)n1. The number of hydrogen-bond acceptors (Lipinski definition) is 4. The molecule has 0 aliphatic carbocycles. The molecule has 0 atom stereocenters. The highest BCUT2D eigenvalue weighted by atomic mass is 16.5. The van der Waals surface area contributed by atoms with Crippen molar-refractivity contribution in [3.63, 3.8) is 0 Å². The molecule has 4 heteroatoms. The minimum atomic E-state index is 0.660. The van der Waals surface area contributed by atoms with E-state index in [0.29, 0.717) is 6.61 Å². The molecule has 0 N–H and O–H groups in total. The molecule has 1 aromatic heterocycles. The molecule has 0 spiro atoms. The summed E-state index contributed by atoms with van der Waals surface area (Å²) in [7, 11) is 0. The molecule has 1 aliphatic rings. The third-order valence-corrected chi connectivity index (χ3v) is 3.21. The van der Waals surface area contributed by atoms with Crippen molar-refractivity contribution in [3.8, 4) is 5.75 Å². The predicted molar refractivity (Wildman–Crippen MR) is 74.5 cm³/mol. The van der Waals surface area contributed by atoms with Crippen LogP contribution in [0.4, 0.5) is 5.95 Å². The normalized spacial score (nSPS) is 14.5. The van der Waals surface area contributed by atoms with Crippen LogP contribution in [0.2, 0.25) is 0 Å². The summed E-state index contributed by atoms with van der Waals surface area (Å²) in [6.07, 6.45) is 0. The van der Waals surface area contributed by atoms with Crippen LogP contribution in [-0.2, 0) is 6.54 Å². The second kappa shape index (κ2) is 4.88. The van der Waals surface area contributed by atoms with E-state index >= 15 is 0 Å². The lowest BCUT2D eigenvalue weighted by Gasteiger charge is -2.20. The van der Waals surface area contributed by atoms with E-state index in [0.717, 1.165) is 36.2 Å². The first-order valence-electron chi connectivity index (χ1n) is 6.50. The molecule has 0 unspecified atom stereocenters. The van der Waals surface area contributed by atoms with Crippen molar-refractivity contribution < 1.29 is 4.74 Å². The fourth-order valence-corrected chi connectivity index (χ4v) is 2.35. The minimum Gasteiger partial charge on any atom is -0.491 e. The van der Waals surface area contributed by atoms with Crippen LogP contribution in [0.5, 0.6) is 5.75 Å². The van der Waals surface area contributed by atoms with E-state index in [4.69, 9.17) is 4.74 Å². The predicted octanol–water partition coefficient (Wildman–Crippen LogP) is 2.49. The molecule has 0 amide bonds. The van der Waals surface area contributed by atoms with E-state index in [1.54, 1.807) is 0 Å². The molecule has 3 rings (SSSR count). The Labute approximate surface area is 113 Å². The number of ether oxygens (including phenoxy) is 1. The Morgan fingerprint density at radius 2 is 1.84 bits per heavy atom. The maximum atomic E-state index is 5.76. The van der Waals surface area contributed by atoms with Gasteiger partial charge in [-0.3, -0.25) is 0 Å². The van der Waals surface area contributed by atoms with Crippen LogP contribution < -0.4 is 9.64 Å². The van der Waals surface area contributed by atoms with Crippen LogP contribution in [0.3, 0.4) is 0 Å². The fourth-order valence-electron chi connectivity index (χ4n) is 2.35. The molecule has 0 radical (unpaired) electrons. The molecule has 1 aliphatic heterocycles. The van der Waals surface area contributed by atoms with Crippen molar-refractivity contribution in [2.75, 3.05) is 18.1 Å². The Bertz CT molecular complexity index is 577. The molecule has 98 valence electrons. The Balaban J connectivity index is 1.94. The smallest absolute Gasteiger partial charge is 0.226 e. The maximum absolute atomic E-state index is 5.76. The van der Waals surface area contributed by atoms with Crippen molar-refractivity contribution in [2.24, 2.45) is 0 Å². The highest BCUT2D eigenvalue weighted by molar-refractivity contribution is 5.41. The van der Waals surface area contributed by atoms with Gasteiger partial charge in [0.1, 0.15) is 12.4 Å². The number of aromatic nitrogens is 2. The molecule has 2 heterocycles. The molecule has 0 fully saturated rings. The summed E-state index contributed by atoms with van der Waals surface area (Å²) in [5.74, 6) is 1.76. The van der Waals surface area contributed by atoms with Gasteiger partial charge in [-0.15, -0.1) is 0 Å². The first kappa shape index (κ1) is 12.0. The van der Waals surface area contributed by atoms with E-state index in [2.05, 4.69) is 20.9 Å². The van der Waals surface area contributed by atoms with Crippen LogP contribution in [0.15, 0.2) is 30.3 Å². The van der Waals surface area contributed by atoms with Crippen LogP contribution in [0.25, 0.3) is 0 Å². The second-order valence-corrected chi connectivity index (χ2v) is 4.83. The topological polar surface area (TPSA) is 38.2 Å². The Kier molecular flexibility index (Phi) is 3.07. The molecule has 0 saturated carbocycles. The zero-order chi connectivity index (χ0) is 13.2. The lowest BCUT2D eigenvalue weighted by Crippen LogP contribution is -2.27. The van der Waals surface area contributed by atoms with Gasteiger partial charge in [0, 0.05) is 23.5 Å². The lowest BCUT2D eigenvalue weighted by atomic mass is 10.2. The number of rotatable bonds is 1. The van der Waals surface area contributed by atoms with Gasteiger partial charge in [0.2, 0.25) is 5.95 Å². The summed E-state index contributed by atoms with van der Waals surface area (Å²) in [6.45, 7) is 6.25.